The fourth-order valence-electron chi connectivity index (χ4n) is 7.78. The van der Waals surface area contributed by atoms with Crippen molar-refractivity contribution in [3.05, 3.63) is 11.6 Å². The number of rotatable bonds is 10. The summed E-state index contributed by atoms with van der Waals surface area (Å²) in [7, 11) is 1.76. The predicted molar refractivity (Wildman–Crippen MR) is 142 cm³/mol. The van der Waals surface area contributed by atoms with Crippen LogP contribution in [0.2, 0.25) is 0 Å². The number of carbonyl (C=O) groups is 1. The number of hydrogen-bond donors (Lipinski definition) is 0. The number of ether oxygens (including phenoxy) is 3. The van der Waals surface area contributed by atoms with E-state index in [4.69, 9.17) is 14.2 Å². The van der Waals surface area contributed by atoms with Crippen molar-refractivity contribution in [2.75, 3.05) is 39.8 Å². The van der Waals surface area contributed by atoms with Gasteiger partial charge in [-0.1, -0.05) is 11.6 Å². The van der Waals surface area contributed by atoms with Gasteiger partial charge in [-0.2, -0.15) is 0 Å². The number of methoxy groups -OCH3 is 1. The van der Waals surface area contributed by atoms with E-state index in [1.54, 1.807) is 7.11 Å². The van der Waals surface area contributed by atoms with Gasteiger partial charge in [-0.05, 0) is 109 Å². The highest BCUT2D eigenvalue weighted by Gasteiger charge is 2.70. The van der Waals surface area contributed by atoms with Gasteiger partial charge in [0.1, 0.15) is 12.2 Å². The van der Waals surface area contributed by atoms with Gasteiger partial charge in [-0.25, -0.2) is 13.6 Å². The number of halogens is 2. The molecule has 5 rings (SSSR count). The molecule has 0 radical (unpaired) electrons. The zero-order valence-electron chi connectivity index (χ0n) is 23.8. The third-order valence-electron chi connectivity index (χ3n) is 10.3. The van der Waals surface area contributed by atoms with Gasteiger partial charge in [-0.3, -0.25) is 4.90 Å². The minimum absolute atomic E-state index is 0.0954. The fraction of sp³-hybridized carbons (Fsp3) is 0.900. The lowest BCUT2D eigenvalue weighted by atomic mass is 9.66. The molecule has 3 saturated heterocycles. The first-order valence-electron chi connectivity index (χ1n) is 14.9. The van der Waals surface area contributed by atoms with E-state index in [9.17, 15) is 13.6 Å². The molecule has 0 aromatic carbocycles. The summed E-state index contributed by atoms with van der Waals surface area (Å²) in [6.07, 6.45) is 9.17. The molecule has 3 aliphatic heterocycles. The van der Waals surface area contributed by atoms with E-state index in [1.807, 2.05) is 9.80 Å². The van der Waals surface area contributed by atoms with E-state index in [1.165, 1.54) is 18.4 Å². The lowest BCUT2D eigenvalue weighted by Crippen LogP contribution is -2.55. The molecule has 6 nitrogen and oxygen atoms in total. The normalized spacial score (nSPS) is 35.3. The summed E-state index contributed by atoms with van der Waals surface area (Å²) >= 11 is 0. The standard InChI is InChI=1S/C30H48F2N2O4/c1-20(2)5-8-24-29(3,38-24)27-26(36-4)23(9-12-30(27)13-14-30)37-28(35)34-17-22(18-34)7-6-21-10-15-33(16-11-21)19-25(31)32/h5,21-27H,6-19H2,1-4H3/t23-,24-,26-,27-,29+/m1/s1. The van der Waals surface area contributed by atoms with Gasteiger partial charge in [0.25, 0.3) is 6.43 Å². The van der Waals surface area contributed by atoms with E-state index in [0.29, 0.717) is 11.8 Å². The Labute approximate surface area is 227 Å². The largest absolute Gasteiger partial charge is 0.443 e. The molecule has 5 atom stereocenters. The van der Waals surface area contributed by atoms with E-state index in [0.717, 1.165) is 71.1 Å². The molecule has 0 aromatic heterocycles. The molecule has 5 aliphatic rings. The van der Waals surface area contributed by atoms with Crippen LogP contribution < -0.4 is 0 Å². The molecule has 5 fully saturated rings. The lowest BCUT2D eigenvalue weighted by molar-refractivity contribution is -0.125. The maximum Gasteiger partial charge on any atom is 0.410 e. The third-order valence-corrected chi connectivity index (χ3v) is 10.3. The van der Waals surface area contributed by atoms with E-state index in [-0.39, 0.29) is 47.9 Å². The summed E-state index contributed by atoms with van der Waals surface area (Å²) in [5, 5.41) is 0. The van der Waals surface area contributed by atoms with Crippen LogP contribution in [0.3, 0.4) is 0 Å². The van der Waals surface area contributed by atoms with Gasteiger partial charge in [0.15, 0.2) is 0 Å². The summed E-state index contributed by atoms with van der Waals surface area (Å²) in [6.45, 7) is 9.46. The molecule has 0 bridgehead atoms. The average molecular weight is 539 g/mol. The molecular formula is C30H48F2N2O4. The Hall–Kier alpha value is -1.25. The van der Waals surface area contributed by atoms with Gasteiger partial charge >= 0.3 is 6.09 Å². The Bertz CT molecular complexity index is 862. The van der Waals surface area contributed by atoms with Gasteiger partial charge in [-0.15, -0.1) is 0 Å². The number of likely N-dealkylation sites (tertiary alicyclic amines) is 2. The summed E-state index contributed by atoms with van der Waals surface area (Å²) in [4.78, 5) is 16.8. The number of amides is 1. The molecule has 0 unspecified atom stereocenters. The number of carbonyl (C=O) groups excluding carboxylic acids is 1. The van der Waals surface area contributed by atoms with Crippen LogP contribution in [-0.2, 0) is 14.2 Å². The number of allylic oxidation sites excluding steroid dienone is 1. The Balaban J connectivity index is 1.07. The molecular weight excluding hydrogens is 490 g/mol. The van der Waals surface area contributed by atoms with Gasteiger partial charge in [0, 0.05) is 26.1 Å². The molecule has 0 aromatic rings. The summed E-state index contributed by atoms with van der Waals surface area (Å²) in [5.41, 5.74) is 1.37. The van der Waals surface area contributed by atoms with E-state index >= 15 is 0 Å². The first kappa shape index (κ1) is 28.3. The fourth-order valence-corrected chi connectivity index (χ4v) is 7.78. The number of epoxide rings is 1. The second kappa shape index (κ2) is 11.3. The number of hydrogen-bond acceptors (Lipinski definition) is 5. The van der Waals surface area contributed by atoms with Crippen molar-refractivity contribution in [1.29, 1.82) is 0 Å². The minimum atomic E-state index is -2.24. The van der Waals surface area contributed by atoms with Crippen LogP contribution in [0.4, 0.5) is 13.6 Å². The van der Waals surface area contributed by atoms with E-state index < -0.39 is 6.43 Å². The van der Waals surface area contributed by atoms with Crippen molar-refractivity contribution in [3.8, 4) is 0 Å². The van der Waals surface area contributed by atoms with Crippen molar-refractivity contribution in [2.45, 2.75) is 109 Å². The predicted octanol–water partition coefficient (Wildman–Crippen LogP) is 5.90. The molecule has 0 N–H and O–H groups in total. The van der Waals surface area contributed by atoms with Crippen LogP contribution in [0.5, 0.6) is 0 Å². The molecule has 216 valence electrons. The van der Waals surface area contributed by atoms with Crippen LogP contribution in [0.25, 0.3) is 0 Å². The molecule has 1 spiro atoms. The van der Waals surface area contributed by atoms with Crippen molar-refractivity contribution in [1.82, 2.24) is 9.80 Å². The third kappa shape index (κ3) is 6.07. The first-order valence-corrected chi connectivity index (χ1v) is 14.9. The molecule has 38 heavy (non-hydrogen) atoms. The maximum absolute atomic E-state index is 13.1. The second-order valence-corrected chi connectivity index (χ2v) is 13.3. The van der Waals surface area contributed by atoms with Gasteiger partial charge in [0.2, 0.25) is 0 Å². The second-order valence-electron chi connectivity index (χ2n) is 13.3. The van der Waals surface area contributed by atoms with Crippen molar-refractivity contribution in [3.63, 3.8) is 0 Å². The van der Waals surface area contributed by atoms with Crippen molar-refractivity contribution < 1.29 is 27.8 Å². The monoisotopic (exact) mass is 538 g/mol. The highest BCUT2D eigenvalue weighted by molar-refractivity contribution is 5.69. The van der Waals surface area contributed by atoms with Crippen molar-refractivity contribution in [2.24, 2.45) is 23.2 Å². The molecule has 2 saturated carbocycles. The Kier molecular flexibility index (Phi) is 8.43. The van der Waals surface area contributed by atoms with E-state index in [2.05, 4.69) is 26.8 Å². The maximum atomic E-state index is 13.1. The smallest absolute Gasteiger partial charge is 0.410 e. The quantitative estimate of drug-likeness (QED) is 0.256. The Morgan fingerprint density at radius 2 is 1.76 bits per heavy atom. The summed E-state index contributed by atoms with van der Waals surface area (Å²) in [5.74, 6) is 1.38. The van der Waals surface area contributed by atoms with Crippen LogP contribution >= 0.6 is 0 Å². The number of alkyl halides is 2. The number of piperidine rings is 1. The lowest BCUT2D eigenvalue weighted by Gasteiger charge is -2.46. The molecule has 8 heteroatoms. The van der Waals surface area contributed by atoms with Crippen LogP contribution in [0.15, 0.2) is 11.6 Å². The first-order chi connectivity index (χ1) is 18.1. The van der Waals surface area contributed by atoms with Crippen LogP contribution in [0.1, 0.15) is 78.6 Å². The highest BCUT2D eigenvalue weighted by atomic mass is 19.3. The molecule has 1 amide bonds. The van der Waals surface area contributed by atoms with Gasteiger partial charge in [0.05, 0.1) is 18.2 Å². The SMILES string of the molecule is CO[C@@H]1[C@H](OC(=O)N2CC(CCC3CCN(CC(F)F)CC3)C2)CCC2(CC2)[C@H]1[C@@]1(C)O[C@@H]1CC=C(C)C. The Morgan fingerprint density at radius 1 is 1.08 bits per heavy atom. The Morgan fingerprint density at radius 3 is 2.37 bits per heavy atom. The van der Waals surface area contributed by atoms with Crippen molar-refractivity contribution >= 4 is 6.09 Å². The highest BCUT2D eigenvalue weighted by Crippen LogP contribution is 2.67. The van der Waals surface area contributed by atoms with Crippen LogP contribution in [0, 0.1) is 23.2 Å². The average Bonchev–Trinajstić information content (AvgIpc) is 3.75. The molecule has 2 aliphatic carbocycles. The molecule has 3 heterocycles. The summed E-state index contributed by atoms with van der Waals surface area (Å²) in [6, 6.07) is 0. The zero-order valence-corrected chi connectivity index (χ0v) is 23.8. The number of nitrogens with zero attached hydrogens (tertiary/aromatic N) is 2. The zero-order chi connectivity index (χ0) is 27.1. The summed E-state index contributed by atoms with van der Waals surface area (Å²) < 4.78 is 43.7. The van der Waals surface area contributed by atoms with Crippen LogP contribution in [-0.4, -0.2) is 86.1 Å². The van der Waals surface area contributed by atoms with Gasteiger partial charge < -0.3 is 19.1 Å². The minimum Gasteiger partial charge on any atom is -0.443 e. The topological polar surface area (TPSA) is 54.5 Å².